The highest BCUT2D eigenvalue weighted by molar-refractivity contribution is 6.16. The normalized spacial score (nSPS) is 17.9. The lowest BCUT2D eigenvalue weighted by molar-refractivity contribution is -0.140. The number of aromatic nitrogens is 1. The Kier molecular flexibility index (Phi) is 2.38. The molecule has 5 nitrogen and oxygen atoms in total. The largest absolute Gasteiger partial charge is 0.444 e. The van der Waals surface area contributed by atoms with E-state index in [1.165, 1.54) is 6.08 Å². The topological polar surface area (TPSA) is 63.4 Å². The van der Waals surface area contributed by atoms with Crippen molar-refractivity contribution in [1.82, 2.24) is 9.88 Å². The number of carbonyl (C=O) groups excluding carboxylic acids is 2. The first kappa shape index (κ1) is 10.6. The van der Waals surface area contributed by atoms with E-state index in [1.807, 2.05) is 0 Å². The zero-order valence-electron chi connectivity index (χ0n) is 9.35. The van der Waals surface area contributed by atoms with E-state index in [9.17, 15) is 9.59 Å². The van der Waals surface area contributed by atoms with Crippen LogP contribution in [0.15, 0.2) is 22.3 Å². The second-order valence-electron chi connectivity index (χ2n) is 3.83. The Morgan fingerprint density at radius 3 is 2.50 bits per heavy atom. The lowest BCUT2D eigenvalue weighted by Gasteiger charge is -2.19. The fourth-order valence-corrected chi connectivity index (χ4v) is 1.65. The molecule has 1 atom stereocenters. The highest BCUT2D eigenvalue weighted by Crippen LogP contribution is 2.25. The van der Waals surface area contributed by atoms with Crippen molar-refractivity contribution >= 4 is 11.8 Å². The number of amides is 2. The van der Waals surface area contributed by atoms with Crippen LogP contribution < -0.4 is 0 Å². The first-order chi connectivity index (χ1) is 7.50. The molecule has 16 heavy (non-hydrogen) atoms. The minimum absolute atomic E-state index is 0.284. The summed E-state index contributed by atoms with van der Waals surface area (Å²) in [7, 11) is 0. The molecule has 2 rings (SSSR count). The van der Waals surface area contributed by atoms with E-state index < -0.39 is 6.04 Å². The van der Waals surface area contributed by atoms with Crippen LogP contribution in [-0.2, 0) is 9.59 Å². The Morgan fingerprint density at radius 2 is 2.06 bits per heavy atom. The van der Waals surface area contributed by atoms with Gasteiger partial charge in [-0.2, -0.15) is 0 Å². The average molecular weight is 220 g/mol. The van der Waals surface area contributed by atoms with Crippen LogP contribution in [0.5, 0.6) is 0 Å². The number of hydrogen-bond donors (Lipinski definition) is 0. The Labute approximate surface area is 92.8 Å². The molecule has 0 saturated carbocycles. The third-order valence-electron chi connectivity index (χ3n) is 2.52. The van der Waals surface area contributed by atoms with Crippen molar-refractivity contribution in [2.24, 2.45) is 0 Å². The van der Waals surface area contributed by atoms with E-state index in [4.69, 9.17) is 4.42 Å². The minimum Gasteiger partial charge on any atom is -0.444 e. The molecule has 1 aromatic rings. The van der Waals surface area contributed by atoms with Gasteiger partial charge in [-0.25, -0.2) is 4.98 Å². The second kappa shape index (κ2) is 3.59. The van der Waals surface area contributed by atoms with Gasteiger partial charge in [-0.15, -0.1) is 0 Å². The smallest absolute Gasteiger partial charge is 0.257 e. The van der Waals surface area contributed by atoms with Crippen LogP contribution in [0, 0.1) is 6.92 Å². The lowest BCUT2D eigenvalue weighted by Crippen LogP contribution is -2.33. The molecule has 1 aliphatic heterocycles. The van der Waals surface area contributed by atoms with Crippen molar-refractivity contribution in [2.45, 2.75) is 26.8 Å². The maximum atomic E-state index is 11.7. The van der Waals surface area contributed by atoms with Gasteiger partial charge in [-0.3, -0.25) is 14.5 Å². The molecule has 0 fully saturated rings. The summed E-state index contributed by atoms with van der Waals surface area (Å²) in [6.07, 6.45) is 2.89. The molecule has 0 aliphatic carbocycles. The molecule has 0 radical (unpaired) electrons. The van der Waals surface area contributed by atoms with Gasteiger partial charge in [0.2, 0.25) is 5.89 Å². The highest BCUT2D eigenvalue weighted by atomic mass is 16.4. The maximum absolute atomic E-state index is 11.7. The number of oxazole rings is 1. The fourth-order valence-electron chi connectivity index (χ4n) is 1.65. The Bertz CT molecular complexity index is 487. The SMILES string of the molecule is CC1=CC(=O)N(C(C)c2ncc(C)o2)C1=O. The number of imide groups is 1. The zero-order chi connectivity index (χ0) is 11.9. The number of rotatable bonds is 2. The molecule has 2 heterocycles. The van der Waals surface area contributed by atoms with Crippen molar-refractivity contribution < 1.29 is 14.0 Å². The molecule has 0 bridgehead atoms. The molecular formula is C11H12N2O3. The Hall–Kier alpha value is -1.91. The molecule has 1 unspecified atom stereocenters. The van der Waals surface area contributed by atoms with E-state index in [0.29, 0.717) is 17.2 Å². The van der Waals surface area contributed by atoms with Gasteiger partial charge in [-0.05, 0) is 20.8 Å². The van der Waals surface area contributed by atoms with Crippen LogP contribution in [0.25, 0.3) is 0 Å². The van der Waals surface area contributed by atoms with Crippen molar-refractivity contribution in [3.63, 3.8) is 0 Å². The zero-order valence-corrected chi connectivity index (χ0v) is 9.35. The van der Waals surface area contributed by atoms with Crippen LogP contribution in [0.3, 0.4) is 0 Å². The predicted molar refractivity (Wildman–Crippen MR) is 55.3 cm³/mol. The molecule has 1 aliphatic rings. The number of aryl methyl sites for hydroxylation is 1. The van der Waals surface area contributed by atoms with Gasteiger partial charge >= 0.3 is 0 Å². The quantitative estimate of drug-likeness (QED) is 0.706. The van der Waals surface area contributed by atoms with Crippen LogP contribution >= 0.6 is 0 Å². The third-order valence-corrected chi connectivity index (χ3v) is 2.52. The van der Waals surface area contributed by atoms with Gasteiger partial charge in [0.05, 0.1) is 6.20 Å². The Morgan fingerprint density at radius 1 is 1.38 bits per heavy atom. The van der Waals surface area contributed by atoms with E-state index in [0.717, 1.165) is 4.90 Å². The molecule has 1 aromatic heterocycles. The van der Waals surface area contributed by atoms with E-state index in [-0.39, 0.29) is 11.8 Å². The first-order valence-electron chi connectivity index (χ1n) is 4.99. The van der Waals surface area contributed by atoms with Crippen molar-refractivity contribution in [2.75, 3.05) is 0 Å². The summed E-state index contributed by atoms with van der Waals surface area (Å²) in [5.74, 6) is 0.437. The van der Waals surface area contributed by atoms with E-state index in [1.54, 1.807) is 27.0 Å². The van der Waals surface area contributed by atoms with Crippen LogP contribution in [0.2, 0.25) is 0 Å². The first-order valence-corrected chi connectivity index (χ1v) is 4.99. The number of nitrogens with zero attached hydrogens (tertiary/aromatic N) is 2. The molecule has 5 heteroatoms. The second-order valence-corrected chi connectivity index (χ2v) is 3.83. The summed E-state index contributed by atoms with van der Waals surface area (Å²) in [6.45, 7) is 5.10. The summed E-state index contributed by atoms with van der Waals surface area (Å²) in [4.78, 5) is 28.5. The molecule has 0 aromatic carbocycles. The summed E-state index contributed by atoms with van der Waals surface area (Å²) in [5, 5.41) is 0. The molecule has 84 valence electrons. The molecule has 0 N–H and O–H groups in total. The Balaban J connectivity index is 2.27. The summed E-state index contributed by atoms with van der Waals surface area (Å²) in [6, 6.07) is -0.470. The maximum Gasteiger partial charge on any atom is 0.257 e. The average Bonchev–Trinajstić information content (AvgIpc) is 2.73. The third kappa shape index (κ3) is 1.54. The summed E-state index contributed by atoms with van der Waals surface area (Å²) < 4.78 is 5.31. The van der Waals surface area contributed by atoms with Crippen LogP contribution in [0.4, 0.5) is 0 Å². The fraction of sp³-hybridized carbons (Fsp3) is 0.364. The molecule has 0 spiro atoms. The summed E-state index contributed by atoms with van der Waals surface area (Å²) >= 11 is 0. The number of carbonyl (C=O) groups is 2. The standard InChI is InChI=1S/C11H12N2O3/c1-6-4-9(14)13(11(6)15)8(3)10-12-5-7(2)16-10/h4-5,8H,1-3H3. The van der Waals surface area contributed by atoms with Gasteiger partial charge < -0.3 is 4.42 Å². The molecule has 2 amide bonds. The van der Waals surface area contributed by atoms with Crippen molar-refractivity contribution in [1.29, 1.82) is 0 Å². The highest BCUT2D eigenvalue weighted by Gasteiger charge is 2.34. The van der Waals surface area contributed by atoms with Gasteiger partial charge in [-0.1, -0.05) is 0 Å². The molecular weight excluding hydrogens is 208 g/mol. The van der Waals surface area contributed by atoms with Gasteiger partial charge in [0.25, 0.3) is 11.8 Å². The van der Waals surface area contributed by atoms with Crippen LogP contribution in [-0.4, -0.2) is 21.7 Å². The van der Waals surface area contributed by atoms with Gasteiger partial charge in [0, 0.05) is 11.6 Å². The van der Waals surface area contributed by atoms with Crippen molar-refractivity contribution in [3.8, 4) is 0 Å². The van der Waals surface area contributed by atoms with Gasteiger partial charge in [0.15, 0.2) is 0 Å². The summed E-state index contributed by atoms with van der Waals surface area (Å²) in [5.41, 5.74) is 0.445. The van der Waals surface area contributed by atoms with E-state index in [2.05, 4.69) is 4.98 Å². The van der Waals surface area contributed by atoms with Crippen molar-refractivity contribution in [3.05, 3.63) is 29.5 Å². The van der Waals surface area contributed by atoms with Gasteiger partial charge in [0.1, 0.15) is 11.8 Å². The lowest BCUT2D eigenvalue weighted by atomic mass is 10.2. The van der Waals surface area contributed by atoms with E-state index >= 15 is 0 Å². The van der Waals surface area contributed by atoms with Crippen LogP contribution in [0.1, 0.15) is 31.5 Å². The number of hydrogen-bond acceptors (Lipinski definition) is 4. The minimum atomic E-state index is -0.470. The predicted octanol–water partition coefficient (Wildman–Crippen LogP) is 1.36. The molecule has 0 saturated heterocycles. The monoisotopic (exact) mass is 220 g/mol.